The average molecular weight is 230 g/mol. The van der Waals surface area contributed by atoms with E-state index < -0.39 is 11.7 Å². The van der Waals surface area contributed by atoms with Crippen LogP contribution in [-0.4, -0.2) is 47.4 Å². The van der Waals surface area contributed by atoms with Gasteiger partial charge in [0.2, 0.25) is 0 Å². The first-order valence-electron chi connectivity index (χ1n) is 5.69. The normalized spacial score (nSPS) is 25.9. The molecule has 0 spiro atoms. The van der Waals surface area contributed by atoms with Crippen molar-refractivity contribution in [3.05, 3.63) is 0 Å². The minimum absolute atomic E-state index is 0.0810. The maximum Gasteiger partial charge on any atom is 0.410 e. The zero-order valence-electron chi connectivity index (χ0n) is 10.3. The molecule has 0 aliphatic carbocycles. The number of hydrogen-bond acceptors (Lipinski definition) is 4. The van der Waals surface area contributed by atoms with Crippen LogP contribution in [0, 0.1) is 5.92 Å². The minimum Gasteiger partial charge on any atom is -0.444 e. The number of nitrogens with two attached hydrogens (primary N) is 1. The number of aliphatic hydroxyl groups excluding tert-OH is 1. The molecule has 16 heavy (non-hydrogen) atoms. The number of carbonyl (C=O) groups excluding carboxylic acids is 1. The van der Waals surface area contributed by atoms with Crippen LogP contribution >= 0.6 is 0 Å². The second-order valence-corrected chi connectivity index (χ2v) is 5.29. The van der Waals surface area contributed by atoms with Gasteiger partial charge in [-0.15, -0.1) is 0 Å². The van der Waals surface area contributed by atoms with E-state index in [1.165, 1.54) is 0 Å². The van der Waals surface area contributed by atoms with Crippen molar-refractivity contribution < 1.29 is 14.6 Å². The van der Waals surface area contributed by atoms with Crippen molar-refractivity contribution in [3.8, 4) is 0 Å². The highest BCUT2D eigenvalue weighted by Crippen LogP contribution is 2.21. The van der Waals surface area contributed by atoms with E-state index in [4.69, 9.17) is 10.5 Å². The molecule has 5 heteroatoms. The van der Waals surface area contributed by atoms with Crippen LogP contribution in [0.5, 0.6) is 0 Å². The van der Waals surface area contributed by atoms with Gasteiger partial charge in [0.15, 0.2) is 0 Å². The fourth-order valence-corrected chi connectivity index (χ4v) is 1.83. The first-order chi connectivity index (χ1) is 7.33. The summed E-state index contributed by atoms with van der Waals surface area (Å²) in [6, 6.07) is 0. The molecule has 3 N–H and O–H groups in total. The van der Waals surface area contributed by atoms with E-state index in [1.807, 2.05) is 20.8 Å². The van der Waals surface area contributed by atoms with Gasteiger partial charge in [0.25, 0.3) is 0 Å². The molecule has 1 fully saturated rings. The van der Waals surface area contributed by atoms with Crippen LogP contribution in [-0.2, 0) is 4.74 Å². The zero-order valence-corrected chi connectivity index (χ0v) is 10.3. The second-order valence-electron chi connectivity index (χ2n) is 5.29. The third kappa shape index (κ3) is 3.64. The molecule has 0 aromatic rings. The maximum atomic E-state index is 11.7. The lowest BCUT2D eigenvalue weighted by molar-refractivity contribution is 0.0269. The van der Waals surface area contributed by atoms with E-state index in [0.29, 0.717) is 19.6 Å². The molecule has 0 aromatic heterocycles. The molecule has 94 valence electrons. The minimum atomic E-state index is -0.492. The Bertz CT molecular complexity index is 250. The lowest BCUT2D eigenvalue weighted by Crippen LogP contribution is -2.35. The van der Waals surface area contributed by atoms with E-state index in [9.17, 15) is 9.90 Å². The zero-order chi connectivity index (χ0) is 12.3. The molecule has 5 nitrogen and oxygen atoms in total. The number of nitrogens with zero attached hydrogens (tertiary/aromatic N) is 1. The van der Waals surface area contributed by atoms with Gasteiger partial charge in [-0.1, -0.05) is 0 Å². The van der Waals surface area contributed by atoms with Crippen molar-refractivity contribution in [3.63, 3.8) is 0 Å². The standard InChI is InChI=1S/C11H22N2O3/c1-11(2,3)16-10(15)13-6-8(4-5-12)9(14)7-13/h8-9,14H,4-7,12H2,1-3H3. The lowest BCUT2D eigenvalue weighted by Gasteiger charge is -2.24. The quantitative estimate of drug-likeness (QED) is 0.727. The smallest absolute Gasteiger partial charge is 0.410 e. The summed E-state index contributed by atoms with van der Waals surface area (Å²) in [4.78, 5) is 13.3. The molecule has 1 aliphatic rings. The summed E-state index contributed by atoms with van der Waals surface area (Å²) >= 11 is 0. The first-order valence-corrected chi connectivity index (χ1v) is 5.69. The highest BCUT2D eigenvalue weighted by molar-refractivity contribution is 5.68. The number of likely N-dealkylation sites (tertiary alicyclic amines) is 1. The highest BCUT2D eigenvalue weighted by atomic mass is 16.6. The number of hydrogen-bond donors (Lipinski definition) is 2. The first kappa shape index (κ1) is 13.3. The Hall–Kier alpha value is -0.810. The number of rotatable bonds is 2. The number of amides is 1. The fraction of sp³-hybridized carbons (Fsp3) is 0.909. The van der Waals surface area contributed by atoms with Crippen molar-refractivity contribution in [2.24, 2.45) is 11.7 Å². The SMILES string of the molecule is CC(C)(C)OC(=O)N1CC(O)C(CCN)C1. The van der Waals surface area contributed by atoms with Crippen LogP contribution in [0.3, 0.4) is 0 Å². The van der Waals surface area contributed by atoms with E-state index >= 15 is 0 Å². The third-order valence-electron chi connectivity index (χ3n) is 2.60. The Morgan fingerprint density at radius 2 is 2.12 bits per heavy atom. The van der Waals surface area contributed by atoms with Crippen molar-refractivity contribution in [1.29, 1.82) is 0 Å². The van der Waals surface area contributed by atoms with Gasteiger partial charge < -0.3 is 20.5 Å². The molecule has 0 radical (unpaired) electrons. The number of β-amino-alcohol motifs (C(OH)–C–C–N with tert-alkyl or cyclic N) is 1. The van der Waals surface area contributed by atoms with Gasteiger partial charge in [-0.25, -0.2) is 4.79 Å². The summed E-state index contributed by atoms with van der Waals surface area (Å²) in [5, 5.41) is 9.73. The van der Waals surface area contributed by atoms with Crippen LogP contribution in [0.4, 0.5) is 4.79 Å². The predicted molar refractivity (Wildman–Crippen MR) is 61.0 cm³/mol. The Morgan fingerprint density at radius 1 is 1.50 bits per heavy atom. The Labute approximate surface area is 96.6 Å². The Morgan fingerprint density at radius 3 is 2.62 bits per heavy atom. The summed E-state index contributed by atoms with van der Waals surface area (Å²) in [5.41, 5.74) is 4.96. The number of ether oxygens (including phenoxy) is 1. The fourth-order valence-electron chi connectivity index (χ4n) is 1.83. The molecule has 1 rings (SSSR count). The third-order valence-corrected chi connectivity index (χ3v) is 2.60. The van der Waals surface area contributed by atoms with Crippen molar-refractivity contribution in [1.82, 2.24) is 4.90 Å². The Kier molecular flexibility index (Phi) is 4.15. The largest absolute Gasteiger partial charge is 0.444 e. The van der Waals surface area contributed by atoms with Crippen LogP contribution in [0.25, 0.3) is 0 Å². The van der Waals surface area contributed by atoms with Gasteiger partial charge in [-0.2, -0.15) is 0 Å². The lowest BCUT2D eigenvalue weighted by atomic mass is 10.0. The number of carbonyl (C=O) groups is 1. The van der Waals surface area contributed by atoms with Gasteiger partial charge in [-0.05, 0) is 33.7 Å². The monoisotopic (exact) mass is 230 g/mol. The van der Waals surface area contributed by atoms with Crippen molar-refractivity contribution in [2.75, 3.05) is 19.6 Å². The molecule has 0 aromatic carbocycles. The second kappa shape index (κ2) is 5.01. The van der Waals surface area contributed by atoms with Gasteiger partial charge in [0, 0.05) is 12.5 Å². The molecule has 0 bridgehead atoms. The topological polar surface area (TPSA) is 75.8 Å². The van der Waals surface area contributed by atoms with E-state index in [2.05, 4.69) is 0 Å². The molecule has 2 unspecified atom stereocenters. The van der Waals surface area contributed by atoms with Crippen molar-refractivity contribution >= 4 is 6.09 Å². The van der Waals surface area contributed by atoms with Gasteiger partial charge in [-0.3, -0.25) is 0 Å². The summed E-state index contributed by atoms with van der Waals surface area (Å²) in [7, 11) is 0. The van der Waals surface area contributed by atoms with Gasteiger partial charge >= 0.3 is 6.09 Å². The maximum absolute atomic E-state index is 11.7. The van der Waals surface area contributed by atoms with Crippen LogP contribution in [0.15, 0.2) is 0 Å². The molecule has 1 amide bonds. The van der Waals surface area contributed by atoms with E-state index in [-0.39, 0.29) is 12.0 Å². The summed E-state index contributed by atoms with van der Waals surface area (Å²) in [6.45, 7) is 6.90. The van der Waals surface area contributed by atoms with Gasteiger partial charge in [0.05, 0.1) is 12.6 Å². The van der Waals surface area contributed by atoms with Gasteiger partial charge in [0.1, 0.15) is 5.60 Å². The average Bonchev–Trinajstić information content (AvgIpc) is 2.46. The summed E-state index contributed by atoms with van der Waals surface area (Å²) < 4.78 is 5.24. The van der Waals surface area contributed by atoms with E-state index in [0.717, 1.165) is 6.42 Å². The number of aliphatic hydroxyl groups is 1. The van der Waals surface area contributed by atoms with Crippen LogP contribution in [0.2, 0.25) is 0 Å². The summed E-state index contributed by atoms with van der Waals surface area (Å²) in [6.07, 6.45) is -0.0948. The Balaban J connectivity index is 2.48. The van der Waals surface area contributed by atoms with Crippen LogP contribution < -0.4 is 5.73 Å². The molecule has 2 atom stereocenters. The molecular weight excluding hydrogens is 208 g/mol. The predicted octanol–water partition coefficient (Wildman–Crippen LogP) is 0.563. The molecule has 0 saturated carbocycles. The molecule has 1 aliphatic heterocycles. The van der Waals surface area contributed by atoms with Crippen LogP contribution in [0.1, 0.15) is 27.2 Å². The van der Waals surface area contributed by atoms with E-state index in [1.54, 1.807) is 4.90 Å². The molecule has 1 heterocycles. The van der Waals surface area contributed by atoms with Crippen molar-refractivity contribution in [2.45, 2.75) is 38.9 Å². The molecule has 1 saturated heterocycles. The highest BCUT2D eigenvalue weighted by Gasteiger charge is 2.35. The molecular formula is C11H22N2O3. The summed E-state index contributed by atoms with van der Waals surface area (Å²) in [5.74, 6) is 0.0810.